The Balaban J connectivity index is 0.00000400. The lowest BCUT2D eigenvalue weighted by Crippen LogP contribution is -2.55. The lowest BCUT2D eigenvalue weighted by molar-refractivity contribution is -0.144. The van der Waals surface area contributed by atoms with E-state index in [4.69, 9.17) is 15.6 Å². The number of halogens is 1. The highest BCUT2D eigenvalue weighted by atomic mass is 35.5. The Morgan fingerprint density at radius 3 is 2.38 bits per heavy atom. The molecule has 1 aromatic rings. The number of nitrogens with two attached hydrogens (primary N) is 1. The zero-order valence-corrected chi connectivity index (χ0v) is 12.9. The SMILES string of the molecule is CC(C)(N)C(=O)N[C@@H](COCc1ccccc1)C(=O)O.Cl. The Morgan fingerprint density at radius 1 is 1.33 bits per heavy atom. The van der Waals surface area contributed by atoms with Crippen LogP contribution in [-0.4, -0.2) is 35.2 Å². The molecule has 0 bridgehead atoms. The molecule has 1 amide bonds. The molecule has 0 aromatic heterocycles. The third kappa shape index (κ3) is 7.08. The van der Waals surface area contributed by atoms with Crippen LogP contribution < -0.4 is 11.1 Å². The van der Waals surface area contributed by atoms with Crippen molar-refractivity contribution in [3.8, 4) is 0 Å². The number of aliphatic carboxylic acids is 1. The van der Waals surface area contributed by atoms with E-state index in [1.807, 2.05) is 30.3 Å². The monoisotopic (exact) mass is 316 g/mol. The van der Waals surface area contributed by atoms with E-state index in [0.29, 0.717) is 0 Å². The van der Waals surface area contributed by atoms with Crippen molar-refractivity contribution in [2.75, 3.05) is 6.61 Å². The molecule has 7 heteroatoms. The number of benzene rings is 1. The number of hydrogen-bond donors (Lipinski definition) is 3. The summed E-state index contributed by atoms with van der Waals surface area (Å²) < 4.78 is 5.32. The van der Waals surface area contributed by atoms with Crippen molar-refractivity contribution >= 4 is 24.3 Å². The van der Waals surface area contributed by atoms with Gasteiger partial charge in [0.1, 0.15) is 0 Å². The predicted molar refractivity (Wildman–Crippen MR) is 81.2 cm³/mol. The molecule has 0 unspecified atom stereocenters. The molecular formula is C14H21ClN2O4. The highest BCUT2D eigenvalue weighted by molar-refractivity contribution is 5.89. The summed E-state index contributed by atoms with van der Waals surface area (Å²) in [4.78, 5) is 22.7. The highest BCUT2D eigenvalue weighted by Gasteiger charge is 2.27. The van der Waals surface area contributed by atoms with E-state index in [0.717, 1.165) is 5.56 Å². The molecule has 1 aromatic carbocycles. The Labute approximate surface area is 130 Å². The first kappa shape index (κ1) is 19.4. The van der Waals surface area contributed by atoms with Gasteiger partial charge in [-0.1, -0.05) is 30.3 Å². The zero-order valence-electron chi connectivity index (χ0n) is 12.0. The minimum atomic E-state index is -1.16. The first-order chi connectivity index (χ1) is 9.30. The largest absolute Gasteiger partial charge is 0.480 e. The normalized spacial score (nSPS) is 12.1. The summed E-state index contributed by atoms with van der Waals surface area (Å²) in [6.45, 7) is 3.18. The average Bonchev–Trinajstić information content (AvgIpc) is 2.37. The van der Waals surface area contributed by atoms with Crippen LogP contribution in [0.5, 0.6) is 0 Å². The Morgan fingerprint density at radius 2 is 1.90 bits per heavy atom. The molecule has 0 radical (unpaired) electrons. The van der Waals surface area contributed by atoms with Gasteiger partial charge in [-0.15, -0.1) is 12.4 Å². The van der Waals surface area contributed by atoms with E-state index >= 15 is 0 Å². The number of carbonyl (C=O) groups is 2. The first-order valence-corrected chi connectivity index (χ1v) is 6.25. The van der Waals surface area contributed by atoms with Gasteiger partial charge < -0.3 is 20.9 Å². The first-order valence-electron chi connectivity index (χ1n) is 6.25. The lowest BCUT2D eigenvalue weighted by atomic mass is 10.1. The summed E-state index contributed by atoms with van der Waals surface area (Å²) in [5.74, 6) is -1.69. The molecule has 0 aliphatic heterocycles. The Kier molecular flexibility index (Phi) is 7.94. The van der Waals surface area contributed by atoms with Gasteiger partial charge in [-0.3, -0.25) is 4.79 Å². The van der Waals surface area contributed by atoms with Gasteiger partial charge in [-0.2, -0.15) is 0 Å². The Hall–Kier alpha value is -1.63. The van der Waals surface area contributed by atoms with Gasteiger partial charge in [-0.05, 0) is 19.4 Å². The van der Waals surface area contributed by atoms with Crippen LogP contribution in [-0.2, 0) is 20.9 Å². The second kappa shape index (κ2) is 8.61. The van der Waals surface area contributed by atoms with Crippen molar-refractivity contribution in [3.63, 3.8) is 0 Å². The van der Waals surface area contributed by atoms with Gasteiger partial charge in [0.2, 0.25) is 5.91 Å². The second-order valence-corrected chi connectivity index (χ2v) is 5.09. The average molecular weight is 317 g/mol. The number of hydrogen-bond acceptors (Lipinski definition) is 4. The van der Waals surface area contributed by atoms with Crippen molar-refractivity contribution < 1.29 is 19.4 Å². The van der Waals surface area contributed by atoms with Crippen molar-refractivity contribution in [2.45, 2.75) is 32.0 Å². The molecule has 6 nitrogen and oxygen atoms in total. The number of ether oxygens (including phenoxy) is 1. The predicted octanol–water partition coefficient (Wildman–Crippen LogP) is 0.932. The van der Waals surface area contributed by atoms with Crippen molar-refractivity contribution in [2.24, 2.45) is 5.73 Å². The summed E-state index contributed by atoms with van der Waals surface area (Å²) in [7, 11) is 0. The Bertz CT molecular complexity index is 460. The molecule has 0 spiro atoms. The van der Waals surface area contributed by atoms with Crippen LogP contribution in [0.3, 0.4) is 0 Å². The molecule has 1 rings (SSSR count). The molecule has 0 heterocycles. The number of amides is 1. The minimum absolute atomic E-state index is 0. The zero-order chi connectivity index (χ0) is 15.2. The molecule has 4 N–H and O–H groups in total. The molecule has 21 heavy (non-hydrogen) atoms. The van der Waals surface area contributed by atoms with E-state index in [-0.39, 0.29) is 25.6 Å². The van der Waals surface area contributed by atoms with E-state index in [2.05, 4.69) is 5.32 Å². The summed E-state index contributed by atoms with van der Waals surface area (Å²) in [6, 6.07) is 8.24. The van der Waals surface area contributed by atoms with E-state index in [1.165, 1.54) is 13.8 Å². The maximum absolute atomic E-state index is 11.7. The van der Waals surface area contributed by atoms with Crippen molar-refractivity contribution in [3.05, 3.63) is 35.9 Å². The van der Waals surface area contributed by atoms with E-state index in [1.54, 1.807) is 0 Å². The number of carboxylic acids is 1. The fourth-order valence-electron chi connectivity index (χ4n) is 1.39. The van der Waals surface area contributed by atoms with Crippen LogP contribution in [0.1, 0.15) is 19.4 Å². The van der Waals surface area contributed by atoms with Crippen LogP contribution >= 0.6 is 12.4 Å². The molecule has 118 valence electrons. The molecule has 0 aliphatic carbocycles. The van der Waals surface area contributed by atoms with Gasteiger partial charge >= 0.3 is 5.97 Å². The van der Waals surface area contributed by atoms with Crippen LogP contribution in [0.2, 0.25) is 0 Å². The van der Waals surface area contributed by atoms with Gasteiger partial charge in [0.15, 0.2) is 6.04 Å². The van der Waals surface area contributed by atoms with Gasteiger partial charge in [0.25, 0.3) is 0 Å². The minimum Gasteiger partial charge on any atom is -0.480 e. The van der Waals surface area contributed by atoms with Crippen LogP contribution in [0, 0.1) is 0 Å². The fraction of sp³-hybridized carbons (Fsp3) is 0.429. The topological polar surface area (TPSA) is 102 Å². The molecule has 0 fully saturated rings. The third-order valence-electron chi connectivity index (χ3n) is 2.58. The second-order valence-electron chi connectivity index (χ2n) is 5.09. The molecule has 0 aliphatic rings. The molecule has 1 atom stereocenters. The van der Waals surface area contributed by atoms with Crippen LogP contribution in [0.4, 0.5) is 0 Å². The number of carbonyl (C=O) groups excluding carboxylic acids is 1. The molecule has 0 saturated carbocycles. The summed E-state index contributed by atoms with van der Waals surface area (Å²) in [6.07, 6.45) is 0. The van der Waals surface area contributed by atoms with E-state index in [9.17, 15) is 9.59 Å². The van der Waals surface area contributed by atoms with Crippen LogP contribution in [0.15, 0.2) is 30.3 Å². The quantitative estimate of drug-likeness (QED) is 0.694. The molecular weight excluding hydrogens is 296 g/mol. The number of rotatable bonds is 7. The number of carboxylic acid groups (broad SMARTS) is 1. The summed E-state index contributed by atoms with van der Waals surface area (Å²) in [5, 5.41) is 11.4. The molecule has 0 saturated heterocycles. The maximum atomic E-state index is 11.7. The van der Waals surface area contributed by atoms with Gasteiger partial charge in [-0.25, -0.2) is 4.79 Å². The lowest BCUT2D eigenvalue weighted by Gasteiger charge is -2.21. The third-order valence-corrected chi connectivity index (χ3v) is 2.58. The summed E-state index contributed by atoms with van der Waals surface area (Å²) in [5.41, 5.74) is 5.40. The van der Waals surface area contributed by atoms with Crippen LogP contribution in [0.25, 0.3) is 0 Å². The van der Waals surface area contributed by atoms with Gasteiger partial charge in [0, 0.05) is 0 Å². The number of nitrogens with one attached hydrogen (secondary N) is 1. The van der Waals surface area contributed by atoms with Crippen molar-refractivity contribution in [1.29, 1.82) is 0 Å². The smallest absolute Gasteiger partial charge is 0.328 e. The summed E-state index contributed by atoms with van der Waals surface area (Å²) >= 11 is 0. The fourth-order valence-corrected chi connectivity index (χ4v) is 1.39. The van der Waals surface area contributed by atoms with Crippen molar-refractivity contribution in [1.82, 2.24) is 5.32 Å². The van der Waals surface area contributed by atoms with Gasteiger partial charge in [0.05, 0.1) is 18.8 Å². The highest BCUT2D eigenvalue weighted by Crippen LogP contribution is 2.02. The van der Waals surface area contributed by atoms with E-state index < -0.39 is 23.5 Å². The maximum Gasteiger partial charge on any atom is 0.328 e. The standard InChI is InChI=1S/C14H20N2O4.ClH/c1-14(2,15)13(19)16-11(12(17)18)9-20-8-10-6-4-3-5-7-10;/h3-7,11H,8-9,15H2,1-2H3,(H,16,19)(H,17,18);1H/t11-;/m0./s1.